The van der Waals surface area contributed by atoms with E-state index in [0.717, 1.165) is 18.9 Å². The zero-order chi connectivity index (χ0) is 12.9. The molecule has 0 heterocycles. The van der Waals surface area contributed by atoms with Crippen molar-refractivity contribution in [3.63, 3.8) is 0 Å². The first-order valence-electron chi connectivity index (χ1n) is 6.00. The van der Waals surface area contributed by atoms with Crippen molar-refractivity contribution in [2.24, 2.45) is 17.8 Å². The van der Waals surface area contributed by atoms with Crippen molar-refractivity contribution < 1.29 is 13.6 Å². The zero-order valence-corrected chi connectivity index (χ0v) is 11.1. The van der Waals surface area contributed by atoms with E-state index in [9.17, 15) is 13.6 Å². The van der Waals surface area contributed by atoms with Gasteiger partial charge in [0.2, 0.25) is 5.91 Å². The molecule has 0 radical (unpaired) electrons. The van der Waals surface area contributed by atoms with Crippen LogP contribution in [0, 0.1) is 29.4 Å². The molecule has 0 aliphatic heterocycles. The van der Waals surface area contributed by atoms with Crippen molar-refractivity contribution >= 4 is 27.5 Å². The van der Waals surface area contributed by atoms with Crippen LogP contribution in [0.5, 0.6) is 0 Å². The third-order valence-electron chi connectivity index (χ3n) is 3.88. The quantitative estimate of drug-likeness (QED) is 0.828. The minimum absolute atomic E-state index is 0.0167. The van der Waals surface area contributed by atoms with Crippen LogP contribution in [0.15, 0.2) is 16.6 Å². The number of anilines is 1. The average Bonchev–Trinajstić information content (AvgIpc) is 2.93. The number of amides is 1. The van der Waals surface area contributed by atoms with Crippen LogP contribution in [0.4, 0.5) is 14.5 Å². The average molecular weight is 316 g/mol. The number of halogens is 3. The molecule has 2 fully saturated rings. The highest BCUT2D eigenvalue weighted by Crippen LogP contribution is 2.54. The van der Waals surface area contributed by atoms with E-state index in [-0.39, 0.29) is 22.0 Å². The highest BCUT2D eigenvalue weighted by Gasteiger charge is 2.48. The first-order chi connectivity index (χ1) is 8.54. The molecule has 1 amide bonds. The normalized spacial score (nSPS) is 28.9. The van der Waals surface area contributed by atoms with Crippen LogP contribution in [0.2, 0.25) is 0 Å². The minimum Gasteiger partial charge on any atom is -0.323 e. The predicted octanol–water partition coefficient (Wildman–Crippen LogP) is 3.71. The highest BCUT2D eigenvalue weighted by atomic mass is 79.9. The number of carbonyl (C=O) groups is 1. The summed E-state index contributed by atoms with van der Waals surface area (Å²) in [6, 6.07) is 2.03. The zero-order valence-electron chi connectivity index (χ0n) is 9.55. The Morgan fingerprint density at radius 3 is 2.50 bits per heavy atom. The molecule has 1 N–H and O–H groups in total. The summed E-state index contributed by atoms with van der Waals surface area (Å²) in [6.07, 6.45) is 3.04. The SMILES string of the molecule is O=C(Nc1cc(Br)c(F)cc1F)C1CC2CC2C1. The van der Waals surface area contributed by atoms with E-state index >= 15 is 0 Å². The fourth-order valence-electron chi connectivity index (χ4n) is 2.78. The summed E-state index contributed by atoms with van der Waals surface area (Å²) < 4.78 is 26.7. The molecule has 1 aromatic carbocycles. The Morgan fingerprint density at radius 2 is 1.83 bits per heavy atom. The van der Waals surface area contributed by atoms with Gasteiger partial charge in [0.15, 0.2) is 0 Å². The van der Waals surface area contributed by atoms with Crippen LogP contribution in [-0.2, 0) is 4.79 Å². The van der Waals surface area contributed by atoms with Crippen molar-refractivity contribution in [3.05, 3.63) is 28.2 Å². The Balaban J connectivity index is 1.72. The Labute approximate surface area is 112 Å². The topological polar surface area (TPSA) is 29.1 Å². The summed E-state index contributed by atoms with van der Waals surface area (Å²) in [7, 11) is 0. The molecule has 0 spiro atoms. The van der Waals surface area contributed by atoms with Crippen molar-refractivity contribution in [1.82, 2.24) is 0 Å². The van der Waals surface area contributed by atoms with Crippen LogP contribution in [0.1, 0.15) is 19.3 Å². The van der Waals surface area contributed by atoms with Crippen molar-refractivity contribution in [2.75, 3.05) is 5.32 Å². The van der Waals surface area contributed by atoms with E-state index in [2.05, 4.69) is 21.2 Å². The summed E-state index contributed by atoms with van der Waals surface area (Å²) >= 11 is 2.98. The molecule has 1 aromatic rings. The second kappa shape index (κ2) is 4.30. The molecule has 2 saturated carbocycles. The monoisotopic (exact) mass is 315 g/mol. The molecule has 96 valence electrons. The van der Waals surface area contributed by atoms with Crippen LogP contribution < -0.4 is 5.32 Å². The predicted molar refractivity (Wildman–Crippen MR) is 67.0 cm³/mol. The molecule has 3 rings (SSSR count). The van der Waals surface area contributed by atoms with Crippen molar-refractivity contribution in [1.29, 1.82) is 0 Å². The standard InChI is InChI=1S/C13H12BrF2NO/c14-9-4-12(11(16)5-10(9)15)17-13(18)8-2-6-1-7(6)3-8/h4-8H,1-3H2,(H,17,18). The Kier molecular flexibility index (Phi) is 2.88. The summed E-state index contributed by atoms with van der Waals surface area (Å²) in [6.45, 7) is 0. The molecule has 0 saturated heterocycles. The molecule has 2 aliphatic carbocycles. The molecule has 5 heteroatoms. The first-order valence-corrected chi connectivity index (χ1v) is 6.79. The number of benzene rings is 1. The summed E-state index contributed by atoms with van der Waals surface area (Å²) in [5, 5.41) is 2.55. The van der Waals surface area contributed by atoms with Gasteiger partial charge in [-0.3, -0.25) is 4.79 Å². The second-order valence-electron chi connectivity index (χ2n) is 5.16. The van der Waals surface area contributed by atoms with E-state index in [4.69, 9.17) is 0 Å². The van der Waals surface area contributed by atoms with Gasteiger partial charge < -0.3 is 5.32 Å². The summed E-state index contributed by atoms with van der Waals surface area (Å²) in [4.78, 5) is 11.9. The molecule has 0 aromatic heterocycles. The number of hydrogen-bond donors (Lipinski definition) is 1. The number of rotatable bonds is 2. The molecule has 2 unspecified atom stereocenters. The lowest BCUT2D eigenvalue weighted by Crippen LogP contribution is -2.22. The number of hydrogen-bond acceptors (Lipinski definition) is 1. The lowest BCUT2D eigenvalue weighted by atomic mass is 10.0. The number of nitrogens with one attached hydrogen (secondary N) is 1. The number of fused-ring (bicyclic) bond motifs is 1. The van der Waals surface area contributed by atoms with Gasteiger partial charge in [-0.2, -0.15) is 0 Å². The minimum atomic E-state index is -0.743. The maximum atomic E-state index is 13.5. The van der Waals surface area contributed by atoms with Crippen LogP contribution in [0.3, 0.4) is 0 Å². The third kappa shape index (κ3) is 2.16. The smallest absolute Gasteiger partial charge is 0.227 e. The van der Waals surface area contributed by atoms with Crippen LogP contribution >= 0.6 is 15.9 Å². The van der Waals surface area contributed by atoms with E-state index in [1.807, 2.05) is 0 Å². The van der Waals surface area contributed by atoms with Gasteiger partial charge in [0.1, 0.15) is 11.6 Å². The molecule has 2 atom stereocenters. The van der Waals surface area contributed by atoms with Gasteiger partial charge in [-0.1, -0.05) is 0 Å². The fourth-order valence-corrected chi connectivity index (χ4v) is 3.13. The van der Waals surface area contributed by atoms with Gasteiger partial charge in [-0.05, 0) is 53.1 Å². The molecular weight excluding hydrogens is 304 g/mol. The molecule has 18 heavy (non-hydrogen) atoms. The molecular formula is C13H12BrF2NO. The van der Waals surface area contributed by atoms with Gasteiger partial charge in [-0.15, -0.1) is 0 Å². The largest absolute Gasteiger partial charge is 0.323 e. The van der Waals surface area contributed by atoms with E-state index < -0.39 is 11.6 Å². The maximum Gasteiger partial charge on any atom is 0.227 e. The second-order valence-corrected chi connectivity index (χ2v) is 6.01. The van der Waals surface area contributed by atoms with Crippen LogP contribution in [-0.4, -0.2) is 5.91 Å². The van der Waals surface area contributed by atoms with Crippen molar-refractivity contribution in [2.45, 2.75) is 19.3 Å². The lowest BCUT2D eigenvalue weighted by molar-refractivity contribution is -0.120. The van der Waals surface area contributed by atoms with E-state index in [0.29, 0.717) is 11.8 Å². The maximum absolute atomic E-state index is 13.5. The fraction of sp³-hybridized carbons (Fsp3) is 0.462. The molecule has 2 nitrogen and oxygen atoms in total. The van der Waals surface area contributed by atoms with Gasteiger partial charge in [0.05, 0.1) is 10.2 Å². The van der Waals surface area contributed by atoms with Gasteiger partial charge in [-0.25, -0.2) is 8.78 Å². The number of carbonyl (C=O) groups excluding carboxylic acids is 1. The third-order valence-corrected chi connectivity index (χ3v) is 4.49. The molecule has 0 bridgehead atoms. The van der Waals surface area contributed by atoms with Gasteiger partial charge in [0, 0.05) is 12.0 Å². The Bertz CT molecular complexity index is 510. The lowest BCUT2D eigenvalue weighted by Gasteiger charge is -2.13. The Morgan fingerprint density at radius 1 is 1.17 bits per heavy atom. The summed E-state index contributed by atoms with van der Waals surface area (Å²) in [5.74, 6) is -0.187. The highest BCUT2D eigenvalue weighted by molar-refractivity contribution is 9.10. The van der Waals surface area contributed by atoms with Gasteiger partial charge >= 0.3 is 0 Å². The van der Waals surface area contributed by atoms with Gasteiger partial charge in [0.25, 0.3) is 0 Å². The van der Waals surface area contributed by atoms with Crippen molar-refractivity contribution in [3.8, 4) is 0 Å². The first kappa shape index (κ1) is 12.1. The van der Waals surface area contributed by atoms with Crippen LogP contribution in [0.25, 0.3) is 0 Å². The Hall–Kier alpha value is -0.970. The van der Waals surface area contributed by atoms with E-state index in [1.165, 1.54) is 12.5 Å². The van der Waals surface area contributed by atoms with E-state index in [1.54, 1.807) is 0 Å². The molecule has 2 aliphatic rings. The summed E-state index contributed by atoms with van der Waals surface area (Å²) in [5.41, 5.74) is 0.0360.